The van der Waals surface area contributed by atoms with Crippen molar-refractivity contribution in [2.24, 2.45) is 0 Å². The van der Waals surface area contributed by atoms with E-state index in [2.05, 4.69) is 148 Å². The number of benzene rings is 4. The number of hydrogen-bond acceptors (Lipinski definition) is 0. The number of halogens is 2. The van der Waals surface area contributed by atoms with Crippen molar-refractivity contribution in [1.29, 1.82) is 0 Å². The Morgan fingerprint density at radius 2 is 0.531 bits per heavy atom. The zero-order valence-corrected chi connectivity index (χ0v) is 24.4. The van der Waals surface area contributed by atoms with E-state index in [1.54, 1.807) is 0 Å². The highest BCUT2D eigenvalue weighted by atomic mass is 127. The normalized spacial score (nSPS) is 10.6. The zero-order valence-electron chi connectivity index (χ0n) is 19.2. The summed E-state index contributed by atoms with van der Waals surface area (Å²) in [7, 11) is -0.389. The van der Waals surface area contributed by atoms with E-state index in [-0.39, 0.29) is 55.2 Å². The molecule has 0 amide bonds. The molecule has 0 atom stereocenters. The third-order valence-electron chi connectivity index (χ3n) is 4.57. The molecule has 0 saturated carbocycles. The van der Waals surface area contributed by atoms with Gasteiger partial charge in [0.1, 0.15) is 22.7 Å². The summed E-state index contributed by atoms with van der Waals surface area (Å²) in [6, 6.07) is 42.8. The van der Waals surface area contributed by atoms with E-state index in [0.29, 0.717) is 4.48 Å². The van der Waals surface area contributed by atoms with Gasteiger partial charge in [-0.25, -0.2) is 0 Å². The van der Waals surface area contributed by atoms with Crippen LogP contribution in [0, 0.1) is 0 Å². The molecule has 0 aromatic heterocycles. The van der Waals surface area contributed by atoms with Gasteiger partial charge in [-0.3, -0.25) is 0 Å². The molecule has 0 aliphatic rings. The molecule has 4 heteroatoms. The molecule has 4 aromatic rings. The van der Waals surface area contributed by atoms with Gasteiger partial charge in [-0.15, -0.1) is 0 Å². The van der Waals surface area contributed by atoms with Crippen molar-refractivity contribution in [2.75, 3.05) is 26.7 Å². The molecule has 0 aliphatic carbocycles. The highest BCUT2D eigenvalue weighted by Crippen LogP contribution is 2.50. The van der Waals surface area contributed by atoms with Gasteiger partial charge >= 0.3 is 0 Å². The summed E-state index contributed by atoms with van der Waals surface area (Å²) in [5.74, 6) is 0. The van der Waals surface area contributed by atoms with E-state index in [4.69, 9.17) is 0 Å². The summed E-state index contributed by atoms with van der Waals surface area (Å²) in [5, 5.41) is 0. The second kappa shape index (κ2) is 13.4. The lowest BCUT2D eigenvalue weighted by Crippen LogP contribution is -3.00. The largest absolute Gasteiger partial charge is 1.00 e. The highest BCUT2D eigenvalue weighted by molar-refractivity contribution is 7.73. The van der Waals surface area contributed by atoms with Crippen LogP contribution in [0.5, 0.6) is 0 Å². The number of rotatable bonds is 4. The molecule has 0 saturated heterocycles. The number of quaternary nitrogens is 1. The van der Waals surface area contributed by atoms with Crippen molar-refractivity contribution in [3.05, 3.63) is 121 Å². The van der Waals surface area contributed by atoms with Gasteiger partial charge in [-0.1, -0.05) is 72.8 Å². The molecule has 0 heterocycles. The average Bonchev–Trinajstić information content (AvgIpc) is 2.76. The van der Waals surface area contributed by atoms with Gasteiger partial charge in [0.15, 0.2) is 0 Å². The van der Waals surface area contributed by atoms with Crippen LogP contribution >= 0.6 is 7.26 Å². The standard InChI is InChI=1S/C24H20N.C4H12P.2HI/c1-5-13-21(14-6-1)25(22-15-7-2-8-16-22,23-17-9-3-10-18-23)24-19-11-4-12-20-24;1-5(2,3)4;;/h1-20H;1-4H3;2*1H/q2*+1;;/p-2. The van der Waals surface area contributed by atoms with E-state index < -0.39 is 0 Å². The lowest BCUT2D eigenvalue weighted by Gasteiger charge is -2.37. The fourth-order valence-corrected chi connectivity index (χ4v) is 3.50. The molecule has 0 fully saturated rings. The lowest BCUT2D eigenvalue weighted by atomic mass is 10.1. The Hall–Kier alpha value is -1.27. The van der Waals surface area contributed by atoms with Gasteiger partial charge in [0, 0.05) is 82.5 Å². The van der Waals surface area contributed by atoms with Crippen LogP contribution in [-0.2, 0) is 0 Å². The Morgan fingerprint density at radius 1 is 0.375 bits per heavy atom. The topological polar surface area (TPSA) is 0 Å². The van der Waals surface area contributed by atoms with Gasteiger partial charge in [0.05, 0.1) is 0 Å². The Morgan fingerprint density at radius 3 is 0.688 bits per heavy atom. The Labute approximate surface area is 228 Å². The summed E-state index contributed by atoms with van der Waals surface area (Å²) in [6.45, 7) is 9.19. The fraction of sp³-hybridized carbons (Fsp3) is 0.143. The van der Waals surface area contributed by atoms with Gasteiger partial charge < -0.3 is 48.0 Å². The van der Waals surface area contributed by atoms with Crippen molar-refractivity contribution in [1.82, 2.24) is 4.48 Å². The first kappa shape index (κ1) is 28.8. The number of para-hydroxylation sites is 4. The minimum Gasteiger partial charge on any atom is -1.00 e. The molecule has 0 spiro atoms. The summed E-state index contributed by atoms with van der Waals surface area (Å²) in [6.07, 6.45) is 0. The molecule has 4 rings (SSSR count). The Kier molecular flexibility index (Phi) is 12.1. The van der Waals surface area contributed by atoms with Crippen LogP contribution in [0.25, 0.3) is 0 Å². The van der Waals surface area contributed by atoms with Crippen LogP contribution in [0.3, 0.4) is 0 Å². The number of hydrogen-bond donors (Lipinski definition) is 0. The van der Waals surface area contributed by atoms with E-state index in [0.717, 1.165) is 0 Å². The molecule has 1 nitrogen and oxygen atoms in total. The third-order valence-corrected chi connectivity index (χ3v) is 4.57. The summed E-state index contributed by atoms with van der Waals surface area (Å²) in [5.41, 5.74) is 4.86. The second-order valence-electron chi connectivity index (χ2n) is 8.70. The molecule has 4 aromatic carbocycles. The van der Waals surface area contributed by atoms with E-state index in [1.165, 1.54) is 22.7 Å². The van der Waals surface area contributed by atoms with Crippen LogP contribution in [-0.4, -0.2) is 26.7 Å². The van der Waals surface area contributed by atoms with E-state index >= 15 is 0 Å². The maximum atomic E-state index is 2.30. The van der Waals surface area contributed by atoms with Crippen molar-refractivity contribution in [2.45, 2.75) is 0 Å². The molecule has 0 unspecified atom stereocenters. The molecular weight excluding hydrogens is 635 g/mol. The van der Waals surface area contributed by atoms with Crippen LogP contribution < -0.4 is 52.4 Å². The summed E-state index contributed by atoms with van der Waals surface area (Å²) >= 11 is 0. The van der Waals surface area contributed by atoms with Crippen molar-refractivity contribution >= 4 is 30.0 Å². The quantitative estimate of drug-likeness (QED) is 0.179. The maximum Gasteiger partial charge on any atom is 0.148 e. The molecular formula is C28H32I2NP. The van der Waals surface area contributed by atoms with Crippen molar-refractivity contribution in [3.63, 3.8) is 0 Å². The summed E-state index contributed by atoms with van der Waals surface area (Å²) < 4.78 is 0.559. The number of nitrogens with zero attached hydrogens (tertiary/aromatic N) is 1. The first-order valence-corrected chi connectivity index (χ1v) is 13.9. The lowest BCUT2D eigenvalue weighted by molar-refractivity contribution is -0.00100. The van der Waals surface area contributed by atoms with Crippen molar-refractivity contribution < 1.29 is 48.0 Å². The van der Waals surface area contributed by atoms with Gasteiger partial charge in [-0.2, -0.15) is 4.48 Å². The fourth-order valence-electron chi connectivity index (χ4n) is 3.50. The molecule has 168 valence electrons. The van der Waals surface area contributed by atoms with E-state index in [9.17, 15) is 0 Å². The van der Waals surface area contributed by atoms with Crippen molar-refractivity contribution in [3.8, 4) is 0 Å². The van der Waals surface area contributed by atoms with Gasteiger partial charge in [-0.05, 0) is 0 Å². The average molecular weight is 667 g/mol. The highest BCUT2D eigenvalue weighted by Gasteiger charge is 2.38. The third kappa shape index (κ3) is 7.38. The molecule has 0 radical (unpaired) electrons. The Balaban J connectivity index is 0.000000664. The summed E-state index contributed by atoms with van der Waals surface area (Å²) in [4.78, 5) is 0. The van der Waals surface area contributed by atoms with E-state index in [1.807, 2.05) is 0 Å². The van der Waals surface area contributed by atoms with Gasteiger partial charge in [0.25, 0.3) is 0 Å². The molecule has 0 N–H and O–H groups in total. The molecule has 0 aliphatic heterocycles. The van der Waals surface area contributed by atoms with Gasteiger partial charge in [0.2, 0.25) is 0 Å². The predicted octanol–water partition coefficient (Wildman–Crippen LogP) is 2.52. The molecule has 0 bridgehead atoms. The zero-order chi connectivity index (χ0) is 21.5. The minimum atomic E-state index is -0.389. The van der Waals surface area contributed by atoms with Crippen LogP contribution in [0.15, 0.2) is 121 Å². The first-order valence-electron chi connectivity index (χ1n) is 10.3. The first-order chi connectivity index (χ1) is 14.4. The minimum absolute atomic E-state index is 0. The molecule has 32 heavy (non-hydrogen) atoms. The van der Waals surface area contributed by atoms with Crippen LogP contribution in [0.2, 0.25) is 0 Å². The predicted molar refractivity (Wildman–Crippen MR) is 137 cm³/mol. The van der Waals surface area contributed by atoms with Crippen LogP contribution in [0.1, 0.15) is 0 Å². The monoisotopic (exact) mass is 667 g/mol. The maximum absolute atomic E-state index is 2.30. The second-order valence-corrected chi connectivity index (χ2v) is 14.1. The van der Waals surface area contributed by atoms with Crippen LogP contribution in [0.4, 0.5) is 22.7 Å². The smallest absolute Gasteiger partial charge is 0.148 e. The SMILES string of the molecule is C[P+](C)(C)C.[I-].[I-].c1ccc([N+](c2ccccc2)(c2ccccc2)c2ccccc2)cc1. The Bertz CT molecular complexity index is 849.